The number of nitrogens with one attached hydrogen (secondary N) is 2. The van der Waals surface area contributed by atoms with Crippen molar-refractivity contribution in [3.05, 3.63) is 35.5 Å². The number of hydrogen-bond donors (Lipinski definition) is 2. The number of H-pyrrole nitrogens is 1. The van der Waals surface area contributed by atoms with Crippen LogP contribution in [0.4, 0.5) is 0 Å². The van der Waals surface area contributed by atoms with E-state index in [0.717, 1.165) is 41.4 Å². The van der Waals surface area contributed by atoms with Crippen molar-refractivity contribution in [1.29, 1.82) is 0 Å². The summed E-state index contributed by atoms with van der Waals surface area (Å²) in [6.45, 7) is 4.40. The van der Waals surface area contributed by atoms with Gasteiger partial charge < -0.3 is 4.98 Å². The molecule has 104 valence electrons. The van der Waals surface area contributed by atoms with Crippen molar-refractivity contribution < 1.29 is 4.79 Å². The number of hydrazone groups is 1. The van der Waals surface area contributed by atoms with E-state index in [-0.39, 0.29) is 5.91 Å². The number of aromatic nitrogens is 1. The Morgan fingerprint density at radius 3 is 2.75 bits per heavy atom. The summed E-state index contributed by atoms with van der Waals surface area (Å²) in [7, 11) is 0. The lowest BCUT2D eigenvalue weighted by Gasteiger charge is -2.12. The van der Waals surface area contributed by atoms with Crippen molar-refractivity contribution in [3.63, 3.8) is 0 Å². The Morgan fingerprint density at radius 2 is 2.00 bits per heavy atom. The first kappa shape index (κ1) is 12.9. The summed E-state index contributed by atoms with van der Waals surface area (Å²) in [6.07, 6.45) is 5.11. The number of carbonyl (C=O) groups is 1. The second-order valence-corrected chi connectivity index (χ2v) is 5.32. The summed E-state index contributed by atoms with van der Waals surface area (Å²) in [5, 5.41) is 5.34. The Kier molecular flexibility index (Phi) is 3.30. The fourth-order valence-corrected chi connectivity index (χ4v) is 2.85. The number of carbonyl (C=O) groups excluding carboxylic acids is 1. The van der Waals surface area contributed by atoms with Gasteiger partial charge in [-0.2, -0.15) is 5.10 Å². The second kappa shape index (κ2) is 5.12. The molecule has 0 saturated heterocycles. The molecule has 0 spiro atoms. The molecule has 4 heteroatoms. The van der Waals surface area contributed by atoms with E-state index in [1.807, 2.05) is 24.4 Å². The molecule has 2 heterocycles. The highest BCUT2D eigenvalue weighted by atomic mass is 16.2. The van der Waals surface area contributed by atoms with Gasteiger partial charge in [0.05, 0.1) is 11.3 Å². The van der Waals surface area contributed by atoms with Gasteiger partial charge in [-0.3, -0.25) is 4.79 Å². The average Bonchev–Trinajstić information content (AvgIpc) is 2.85. The van der Waals surface area contributed by atoms with Crippen LogP contribution in [0.25, 0.3) is 10.9 Å². The average molecular weight is 269 g/mol. The topological polar surface area (TPSA) is 57.2 Å². The van der Waals surface area contributed by atoms with Crippen LogP contribution in [0, 0.1) is 5.92 Å². The number of hydrogen-bond acceptors (Lipinski definition) is 2. The minimum atomic E-state index is -0.129. The molecular weight excluding hydrogens is 250 g/mol. The number of amides is 1. The molecule has 2 N–H and O–H groups in total. The lowest BCUT2D eigenvalue weighted by atomic mass is 9.92. The fourth-order valence-electron chi connectivity index (χ4n) is 2.85. The number of aromatic amines is 1. The highest BCUT2D eigenvalue weighted by Crippen LogP contribution is 2.28. The SMILES string of the molecule is CCC(CC)CC1=NNC(=O)c2cccc3[nH]cc1c23. The first-order valence-corrected chi connectivity index (χ1v) is 7.22. The lowest BCUT2D eigenvalue weighted by Crippen LogP contribution is -2.18. The zero-order valence-corrected chi connectivity index (χ0v) is 11.9. The smallest absolute Gasteiger partial charge is 0.272 e. The fraction of sp³-hybridized carbons (Fsp3) is 0.375. The molecule has 1 aromatic carbocycles. The maximum absolute atomic E-state index is 12.1. The van der Waals surface area contributed by atoms with E-state index in [0.29, 0.717) is 11.5 Å². The van der Waals surface area contributed by atoms with E-state index >= 15 is 0 Å². The van der Waals surface area contributed by atoms with Crippen LogP contribution in [0.2, 0.25) is 0 Å². The molecule has 0 aliphatic carbocycles. The van der Waals surface area contributed by atoms with Gasteiger partial charge in [-0.25, -0.2) is 5.43 Å². The lowest BCUT2D eigenvalue weighted by molar-refractivity contribution is 0.0957. The van der Waals surface area contributed by atoms with Gasteiger partial charge in [0.2, 0.25) is 0 Å². The van der Waals surface area contributed by atoms with Crippen molar-refractivity contribution >= 4 is 22.5 Å². The first-order chi connectivity index (χ1) is 9.74. The van der Waals surface area contributed by atoms with Gasteiger partial charge >= 0.3 is 0 Å². The molecule has 1 aliphatic rings. The molecule has 0 fully saturated rings. The molecule has 0 unspecified atom stereocenters. The van der Waals surface area contributed by atoms with Crippen molar-refractivity contribution in [2.24, 2.45) is 11.0 Å². The van der Waals surface area contributed by atoms with Crippen LogP contribution in [0.1, 0.15) is 49.0 Å². The number of rotatable bonds is 4. The van der Waals surface area contributed by atoms with Crippen molar-refractivity contribution in [3.8, 4) is 0 Å². The summed E-state index contributed by atoms with van der Waals surface area (Å²) in [6, 6.07) is 5.74. The minimum absolute atomic E-state index is 0.129. The van der Waals surface area contributed by atoms with E-state index < -0.39 is 0 Å². The molecule has 20 heavy (non-hydrogen) atoms. The monoisotopic (exact) mass is 269 g/mol. The quantitative estimate of drug-likeness (QED) is 0.877. The van der Waals surface area contributed by atoms with Crippen molar-refractivity contribution in [1.82, 2.24) is 10.4 Å². The predicted octanol–water partition coefficient (Wildman–Crippen LogP) is 3.44. The van der Waals surface area contributed by atoms with E-state index in [2.05, 4.69) is 29.4 Å². The summed E-state index contributed by atoms with van der Waals surface area (Å²) in [5.74, 6) is 0.469. The summed E-state index contributed by atoms with van der Waals surface area (Å²) >= 11 is 0. The minimum Gasteiger partial charge on any atom is -0.360 e. The third-order valence-electron chi connectivity index (χ3n) is 4.19. The molecule has 1 amide bonds. The highest BCUT2D eigenvalue weighted by Gasteiger charge is 2.22. The molecule has 0 atom stereocenters. The van der Waals surface area contributed by atoms with Crippen LogP contribution in [0.15, 0.2) is 29.5 Å². The summed E-state index contributed by atoms with van der Waals surface area (Å²) in [4.78, 5) is 15.4. The largest absolute Gasteiger partial charge is 0.360 e. The van der Waals surface area contributed by atoms with Crippen molar-refractivity contribution in [2.45, 2.75) is 33.1 Å². The van der Waals surface area contributed by atoms with E-state index in [1.54, 1.807) is 0 Å². The molecule has 4 nitrogen and oxygen atoms in total. The highest BCUT2D eigenvalue weighted by molar-refractivity contribution is 6.19. The third-order valence-corrected chi connectivity index (χ3v) is 4.19. The van der Waals surface area contributed by atoms with E-state index in [4.69, 9.17) is 0 Å². The molecule has 1 aliphatic heterocycles. The van der Waals surface area contributed by atoms with Crippen LogP contribution in [0.3, 0.4) is 0 Å². The third kappa shape index (κ3) is 2.01. The van der Waals surface area contributed by atoms with Gasteiger partial charge in [-0.1, -0.05) is 32.8 Å². The summed E-state index contributed by atoms with van der Waals surface area (Å²) in [5.41, 5.74) is 6.40. The van der Waals surface area contributed by atoms with Crippen LogP contribution in [-0.2, 0) is 0 Å². The van der Waals surface area contributed by atoms with Crippen LogP contribution in [-0.4, -0.2) is 16.6 Å². The van der Waals surface area contributed by atoms with E-state index in [1.165, 1.54) is 0 Å². The van der Waals surface area contributed by atoms with Gasteiger partial charge in [-0.05, 0) is 24.5 Å². The Hall–Kier alpha value is -2.10. The predicted molar refractivity (Wildman–Crippen MR) is 81.0 cm³/mol. The maximum Gasteiger partial charge on any atom is 0.272 e. The summed E-state index contributed by atoms with van der Waals surface area (Å²) < 4.78 is 0. The molecular formula is C16H19N3O. The maximum atomic E-state index is 12.1. The molecule has 3 rings (SSSR count). The Labute approximate surface area is 118 Å². The first-order valence-electron chi connectivity index (χ1n) is 7.22. The van der Waals surface area contributed by atoms with Crippen LogP contribution < -0.4 is 5.43 Å². The zero-order valence-electron chi connectivity index (χ0n) is 11.9. The molecule has 1 aromatic heterocycles. The van der Waals surface area contributed by atoms with Gasteiger partial charge in [-0.15, -0.1) is 0 Å². The van der Waals surface area contributed by atoms with Crippen LogP contribution in [0.5, 0.6) is 0 Å². The Balaban J connectivity index is 2.11. The van der Waals surface area contributed by atoms with Gasteiger partial charge in [0.25, 0.3) is 5.91 Å². The second-order valence-electron chi connectivity index (χ2n) is 5.32. The number of benzene rings is 1. The molecule has 0 saturated carbocycles. The van der Waals surface area contributed by atoms with Crippen molar-refractivity contribution in [2.75, 3.05) is 0 Å². The molecule has 2 aromatic rings. The number of nitrogens with zero attached hydrogens (tertiary/aromatic N) is 1. The standard InChI is InChI=1S/C16H19N3O/c1-3-10(4-2)8-14-12-9-17-13-7-5-6-11(15(12)13)16(20)19-18-14/h5-7,9-10,17H,3-4,8H2,1-2H3,(H,19,20). The normalized spacial score (nSPS) is 14.3. The molecule has 0 radical (unpaired) electrons. The Morgan fingerprint density at radius 1 is 1.20 bits per heavy atom. The van der Waals surface area contributed by atoms with Crippen LogP contribution >= 0.6 is 0 Å². The molecule has 0 bridgehead atoms. The van der Waals surface area contributed by atoms with Gasteiger partial charge in [0, 0.05) is 22.7 Å². The van der Waals surface area contributed by atoms with E-state index in [9.17, 15) is 4.79 Å². The Bertz CT molecular complexity index is 680. The van der Waals surface area contributed by atoms with Gasteiger partial charge in [0.1, 0.15) is 0 Å². The zero-order chi connectivity index (χ0) is 14.1. The van der Waals surface area contributed by atoms with Gasteiger partial charge in [0.15, 0.2) is 0 Å².